The largest absolute Gasteiger partial charge is 0.507 e. The Kier molecular flexibility index (Phi) is 6.91. The smallest absolute Gasteiger partial charge is 0.301 e. The van der Waals surface area contributed by atoms with Gasteiger partial charge in [0.15, 0.2) is 5.13 Å². The van der Waals surface area contributed by atoms with Gasteiger partial charge < -0.3 is 14.6 Å². The quantitative estimate of drug-likeness (QED) is 0.171. The summed E-state index contributed by atoms with van der Waals surface area (Å²) >= 11 is 1.34. The third kappa shape index (κ3) is 4.52. The van der Waals surface area contributed by atoms with Crippen LogP contribution in [-0.2, 0) is 9.59 Å². The van der Waals surface area contributed by atoms with Crippen molar-refractivity contribution < 1.29 is 24.2 Å². The highest BCUT2D eigenvalue weighted by molar-refractivity contribution is 7.22. The summed E-state index contributed by atoms with van der Waals surface area (Å²) in [6.07, 6.45) is 0.875. The molecule has 0 radical (unpaired) electrons. The molecule has 1 amide bonds. The molecule has 0 saturated carbocycles. The van der Waals surface area contributed by atoms with Gasteiger partial charge in [-0.25, -0.2) is 4.98 Å². The maximum Gasteiger partial charge on any atom is 0.301 e. The standard InChI is InChI=1S/C30H28N2O5S/c1-5-14-37-21-10-7-19(8-11-21)26-25(27(33)20-9-13-23(36-4)18(3)16-20)28(34)29(35)32(26)30-31-22-12-6-17(2)15-24(22)38-30/h6-13,15-16,26,33H,5,14H2,1-4H3/t26-/m1/s1. The lowest BCUT2D eigenvalue weighted by molar-refractivity contribution is -0.132. The van der Waals surface area contributed by atoms with Crippen LogP contribution in [0.4, 0.5) is 5.13 Å². The lowest BCUT2D eigenvalue weighted by Crippen LogP contribution is -2.29. The number of aryl methyl sites for hydroxylation is 2. The molecular weight excluding hydrogens is 500 g/mol. The molecule has 1 aliphatic rings. The molecule has 4 aromatic rings. The van der Waals surface area contributed by atoms with Crippen LogP contribution in [0.25, 0.3) is 16.0 Å². The first kappa shape index (κ1) is 25.5. The number of aliphatic hydroxyl groups excluding tert-OH is 1. The first-order valence-electron chi connectivity index (χ1n) is 12.4. The number of ketones is 1. The van der Waals surface area contributed by atoms with Gasteiger partial charge >= 0.3 is 5.91 Å². The Morgan fingerprint density at radius 3 is 2.50 bits per heavy atom. The average Bonchev–Trinajstić information content (AvgIpc) is 3.44. The number of nitrogens with zero attached hydrogens (tertiary/aromatic N) is 2. The number of aromatic nitrogens is 1. The number of thiazole rings is 1. The number of Topliss-reactive ketones (excluding diaryl/α,β-unsaturated/α-hetero) is 1. The molecule has 1 saturated heterocycles. The van der Waals surface area contributed by atoms with E-state index in [9.17, 15) is 14.7 Å². The van der Waals surface area contributed by atoms with Crippen molar-refractivity contribution in [2.24, 2.45) is 0 Å². The molecular formula is C30H28N2O5S. The first-order valence-corrected chi connectivity index (χ1v) is 13.2. The second kappa shape index (κ2) is 10.3. The Labute approximate surface area is 225 Å². The van der Waals surface area contributed by atoms with Crippen molar-refractivity contribution in [3.63, 3.8) is 0 Å². The summed E-state index contributed by atoms with van der Waals surface area (Å²) in [5, 5.41) is 11.8. The number of hydrogen-bond acceptors (Lipinski definition) is 7. The van der Waals surface area contributed by atoms with Crippen molar-refractivity contribution >= 4 is 44.1 Å². The molecule has 0 aliphatic carbocycles. The number of carbonyl (C=O) groups excluding carboxylic acids is 2. The Balaban J connectivity index is 1.67. The minimum absolute atomic E-state index is 0.0113. The summed E-state index contributed by atoms with van der Waals surface area (Å²) in [6, 6.07) is 17.4. The predicted octanol–water partition coefficient (Wildman–Crippen LogP) is 6.34. The van der Waals surface area contributed by atoms with Crippen LogP contribution >= 0.6 is 11.3 Å². The van der Waals surface area contributed by atoms with E-state index in [0.717, 1.165) is 27.8 Å². The van der Waals surface area contributed by atoms with Gasteiger partial charge in [-0.3, -0.25) is 14.5 Å². The molecule has 0 bridgehead atoms. The summed E-state index contributed by atoms with van der Waals surface area (Å²) < 4.78 is 12.0. The highest BCUT2D eigenvalue weighted by atomic mass is 32.1. The van der Waals surface area contributed by atoms with Crippen LogP contribution in [0.5, 0.6) is 11.5 Å². The van der Waals surface area contributed by atoms with Crippen molar-refractivity contribution in [2.45, 2.75) is 33.2 Å². The van der Waals surface area contributed by atoms with Crippen LogP contribution in [0.1, 0.15) is 41.6 Å². The number of ether oxygens (including phenoxy) is 2. The van der Waals surface area contributed by atoms with Crippen LogP contribution in [0, 0.1) is 13.8 Å². The van der Waals surface area contributed by atoms with E-state index in [1.165, 1.54) is 16.2 Å². The van der Waals surface area contributed by atoms with Gasteiger partial charge in [0.2, 0.25) is 0 Å². The molecule has 1 aliphatic heterocycles. The third-order valence-electron chi connectivity index (χ3n) is 6.52. The summed E-state index contributed by atoms with van der Waals surface area (Å²) in [6.45, 7) is 6.45. The zero-order valence-corrected chi connectivity index (χ0v) is 22.5. The number of rotatable bonds is 7. The summed E-state index contributed by atoms with van der Waals surface area (Å²) in [5.74, 6) is -0.392. The van der Waals surface area contributed by atoms with Gasteiger partial charge in [-0.15, -0.1) is 0 Å². The second-order valence-electron chi connectivity index (χ2n) is 9.24. The Bertz CT molecular complexity index is 1570. The van der Waals surface area contributed by atoms with E-state index in [2.05, 4.69) is 4.98 Å². The Morgan fingerprint density at radius 1 is 1.05 bits per heavy atom. The summed E-state index contributed by atoms with van der Waals surface area (Å²) in [4.78, 5) is 33.1. The molecule has 8 heteroatoms. The number of benzene rings is 3. The number of anilines is 1. The van der Waals surface area contributed by atoms with Crippen molar-refractivity contribution in [1.82, 2.24) is 4.98 Å². The summed E-state index contributed by atoms with van der Waals surface area (Å²) in [5.41, 5.74) is 3.71. The summed E-state index contributed by atoms with van der Waals surface area (Å²) in [7, 11) is 1.57. The molecule has 1 N–H and O–H groups in total. The van der Waals surface area contributed by atoms with Crippen LogP contribution < -0.4 is 14.4 Å². The second-order valence-corrected chi connectivity index (χ2v) is 10.2. The third-order valence-corrected chi connectivity index (χ3v) is 7.54. The van der Waals surface area contributed by atoms with Gasteiger partial charge in [-0.2, -0.15) is 0 Å². The number of carbonyl (C=O) groups is 2. The number of methoxy groups -OCH3 is 1. The SMILES string of the molecule is CCCOc1ccc([C@@H]2C(=C(O)c3ccc(OC)c(C)c3)C(=O)C(=O)N2c2nc3ccc(C)cc3s2)cc1. The topological polar surface area (TPSA) is 89.0 Å². The van der Waals surface area contributed by atoms with Gasteiger partial charge in [0, 0.05) is 5.56 Å². The number of hydrogen-bond donors (Lipinski definition) is 1. The maximum atomic E-state index is 13.5. The van der Waals surface area contributed by atoms with Crippen molar-refractivity contribution in [3.05, 3.63) is 88.5 Å². The van der Waals surface area contributed by atoms with Crippen LogP contribution in [0.3, 0.4) is 0 Å². The fourth-order valence-corrected chi connectivity index (χ4v) is 5.71. The lowest BCUT2D eigenvalue weighted by atomic mass is 9.95. The van der Waals surface area contributed by atoms with E-state index < -0.39 is 17.7 Å². The molecule has 1 aromatic heterocycles. The van der Waals surface area contributed by atoms with E-state index in [1.807, 2.05) is 63.2 Å². The Hall–Kier alpha value is -4.17. The lowest BCUT2D eigenvalue weighted by Gasteiger charge is -2.23. The number of amides is 1. The van der Waals surface area contributed by atoms with Gasteiger partial charge in [-0.05, 0) is 79.4 Å². The molecule has 5 rings (SSSR count). The van der Waals surface area contributed by atoms with Crippen LogP contribution in [0.2, 0.25) is 0 Å². The fourth-order valence-electron chi connectivity index (χ4n) is 4.62. The minimum atomic E-state index is -0.862. The number of fused-ring (bicyclic) bond motifs is 1. The zero-order chi connectivity index (χ0) is 27.0. The average molecular weight is 529 g/mol. The van der Waals surface area contributed by atoms with Crippen LogP contribution in [0.15, 0.2) is 66.2 Å². The van der Waals surface area contributed by atoms with Crippen molar-refractivity contribution in [2.75, 3.05) is 18.6 Å². The molecule has 0 unspecified atom stereocenters. The fraction of sp³-hybridized carbons (Fsp3) is 0.233. The van der Waals surface area contributed by atoms with E-state index in [0.29, 0.717) is 34.4 Å². The first-order chi connectivity index (χ1) is 18.3. The van der Waals surface area contributed by atoms with Gasteiger partial charge in [0.1, 0.15) is 17.3 Å². The van der Waals surface area contributed by atoms with Crippen LogP contribution in [-0.4, -0.2) is 35.5 Å². The van der Waals surface area contributed by atoms with Crippen molar-refractivity contribution in [1.29, 1.82) is 0 Å². The molecule has 2 heterocycles. The Morgan fingerprint density at radius 2 is 1.82 bits per heavy atom. The van der Waals surface area contributed by atoms with Gasteiger partial charge in [0.05, 0.1) is 35.5 Å². The van der Waals surface area contributed by atoms with Gasteiger partial charge in [0.25, 0.3) is 5.78 Å². The molecule has 3 aromatic carbocycles. The normalized spacial score (nSPS) is 16.8. The minimum Gasteiger partial charge on any atom is -0.507 e. The highest BCUT2D eigenvalue weighted by Gasteiger charge is 2.48. The highest BCUT2D eigenvalue weighted by Crippen LogP contribution is 2.44. The molecule has 0 spiro atoms. The van der Waals surface area contributed by atoms with E-state index in [4.69, 9.17) is 9.47 Å². The molecule has 38 heavy (non-hydrogen) atoms. The van der Waals surface area contributed by atoms with Crippen molar-refractivity contribution in [3.8, 4) is 11.5 Å². The molecule has 7 nitrogen and oxygen atoms in total. The molecule has 1 fully saturated rings. The molecule has 194 valence electrons. The molecule has 1 atom stereocenters. The van der Waals surface area contributed by atoms with Gasteiger partial charge in [-0.1, -0.05) is 36.5 Å². The monoisotopic (exact) mass is 528 g/mol. The number of aliphatic hydroxyl groups is 1. The van der Waals surface area contributed by atoms with E-state index >= 15 is 0 Å². The van der Waals surface area contributed by atoms with E-state index in [1.54, 1.807) is 25.3 Å². The van der Waals surface area contributed by atoms with E-state index in [-0.39, 0.29) is 11.3 Å². The maximum absolute atomic E-state index is 13.5. The zero-order valence-electron chi connectivity index (χ0n) is 21.6. The predicted molar refractivity (Wildman–Crippen MR) is 149 cm³/mol.